The predicted octanol–water partition coefficient (Wildman–Crippen LogP) is 2.50. The molecule has 3 nitrogen and oxygen atoms in total. The minimum atomic E-state index is -3.74. The lowest BCUT2D eigenvalue weighted by atomic mass is 10.2. The zero-order valence-corrected chi connectivity index (χ0v) is 9.91. The molecule has 0 radical (unpaired) electrons. The van der Waals surface area contributed by atoms with E-state index in [1.807, 2.05) is 6.92 Å². The molecule has 2 unspecified atom stereocenters. The summed E-state index contributed by atoms with van der Waals surface area (Å²) in [5, 5.41) is 0. The summed E-state index contributed by atoms with van der Waals surface area (Å²) in [7, 11) is -3.74. The Morgan fingerprint density at radius 1 is 1.40 bits per heavy atom. The summed E-state index contributed by atoms with van der Waals surface area (Å²) in [5.41, 5.74) is 0.987. The van der Waals surface area contributed by atoms with Gasteiger partial charge in [0.25, 0.3) is 10.1 Å². The monoisotopic (exact) mass is 229 g/mol. The van der Waals surface area contributed by atoms with Crippen LogP contribution in [-0.2, 0) is 14.3 Å². The summed E-state index contributed by atoms with van der Waals surface area (Å²) in [5.74, 6) is 0. The van der Waals surface area contributed by atoms with Crippen LogP contribution >= 0.6 is 0 Å². The largest absolute Gasteiger partial charge is 0.297 e. The highest BCUT2D eigenvalue weighted by Gasteiger charge is 2.17. The number of rotatable bonds is 4. The lowest BCUT2D eigenvalue weighted by Crippen LogP contribution is -2.14. The van der Waals surface area contributed by atoms with Gasteiger partial charge in [0.1, 0.15) is 0 Å². The van der Waals surface area contributed by atoms with Crippen LogP contribution in [0.25, 0.3) is 0 Å². The Morgan fingerprint density at radius 2 is 1.93 bits per heavy atom. The SMILES string of the molecule is [2H]C(C)C(C)OS(=O)(=O)c1ccc(C)cc1. The van der Waals surface area contributed by atoms with Gasteiger partial charge in [-0.1, -0.05) is 24.6 Å². The zero-order valence-electron chi connectivity index (χ0n) is 10.1. The third-order valence-electron chi connectivity index (χ3n) is 2.06. The van der Waals surface area contributed by atoms with Crippen LogP contribution < -0.4 is 0 Å². The van der Waals surface area contributed by atoms with Crippen molar-refractivity contribution >= 4 is 10.1 Å². The van der Waals surface area contributed by atoms with E-state index in [1.165, 1.54) is 12.1 Å². The molecule has 0 saturated carbocycles. The van der Waals surface area contributed by atoms with E-state index >= 15 is 0 Å². The molecule has 0 heterocycles. The molecule has 15 heavy (non-hydrogen) atoms. The molecule has 0 aromatic heterocycles. The van der Waals surface area contributed by atoms with E-state index in [4.69, 9.17) is 5.55 Å². The maximum atomic E-state index is 11.8. The highest BCUT2D eigenvalue weighted by atomic mass is 32.2. The number of aryl methyl sites for hydroxylation is 1. The summed E-state index contributed by atoms with van der Waals surface area (Å²) < 4.78 is 35.8. The molecule has 0 saturated heterocycles. The molecule has 0 bridgehead atoms. The van der Waals surface area contributed by atoms with Crippen LogP contribution in [0.4, 0.5) is 0 Å². The van der Waals surface area contributed by atoms with Gasteiger partial charge < -0.3 is 0 Å². The fraction of sp³-hybridized carbons (Fsp3) is 0.455. The third-order valence-corrected chi connectivity index (χ3v) is 3.46. The first-order chi connectivity index (χ1) is 7.33. The van der Waals surface area contributed by atoms with Crippen molar-refractivity contribution in [3.63, 3.8) is 0 Å². The second-order valence-electron chi connectivity index (χ2n) is 3.40. The Kier molecular flexibility index (Phi) is 3.38. The highest BCUT2D eigenvalue weighted by Crippen LogP contribution is 2.15. The summed E-state index contributed by atoms with van der Waals surface area (Å²) in [6.07, 6.45) is -1.23. The molecular weight excluding hydrogens is 212 g/mol. The molecule has 4 heteroatoms. The molecule has 2 atom stereocenters. The average molecular weight is 229 g/mol. The van der Waals surface area contributed by atoms with Gasteiger partial charge in [-0.15, -0.1) is 0 Å². The van der Waals surface area contributed by atoms with Crippen LogP contribution in [0.5, 0.6) is 0 Å². The van der Waals surface area contributed by atoms with Crippen LogP contribution in [-0.4, -0.2) is 14.5 Å². The van der Waals surface area contributed by atoms with Gasteiger partial charge in [0, 0.05) is 1.37 Å². The van der Waals surface area contributed by atoms with E-state index in [2.05, 4.69) is 0 Å². The second kappa shape index (κ2) is 4.77. The third kappa shape index (κ3) is 3.32. The summed E-state index contributed by atoms with van der Waals surface area (Å²) >= 11 is 0. The molecule has 1 aromatic rings. The Bertz CT molecular complexity index is 437. The first-order valence-corrected chi connectivity index (χ1v) is 6.16. The molecular formula is C11H16O3S. The Balaban J connectivity index is 2.90. The van der Waals surface area contributed by atoms with Crippen molar-refractivity contribution in [1.29, 1.82) is 0 Å². The average Bonchev–Trinajstić information content (AvgIpc) is 2.17. The van der Waals surface area contributed by atoms with Gasteiger partial charge in [0.05, 0.1) is 11.0 Å². The van der Waals surface area contributed by atoms with Crippen molar-refractivity contribution in [2.45, 2.75) is 38.2 Å². The van der Waals surface area contributed by atoms with Crippen molar-refractivity contribution in [2.75, 3.05) is 0 Å². The van der Waals surface area contributed by atoms with Gasteiger partial charge in [-0.2, -0.15) is 8.42 Å². The van der Waals surface area contributed by atoms with Crippen LogP contribution in [0.2, 0.25) is 0 Å². The lowest BCUT2D eigenvalue weighted by Gasteiger charge is -2.10. The fourth-order valence-corrected chi connectivity index (χ4v) is 2.11. The van der Waals surface area contributed by atoms with Crippen LogP contribution in [0.15, 0.2) is 29.2 Å². The van der Waals surface area contributed by atoms with E-state index < -0.39 is 22.6 Å². The van der Waals surface area contributed by atoms with Gasteiger partial charge in [-0.3, -0.25) is 4.18 Å². The summed E-state index contributed by atoms with van der Waals surface area (Å²) in [4.78, 5) is 0.130. The van der Waals surface area contributed by atoms with E-state index in [9.17, 15) is 8.42 Å². The molecule has 0 amide bonds. The van der Waals surface area contributed by atoms with E-state index in [0.29, 0.717) is 0 Å². The smallest absolute Gasteiger partial charge is 0.263 e. The van der Waals surface area contributed by atoms with Crippen LogP contribution in [0.3, 0.4) is 0 Å². The molecule has 0 aliphatic heterocycles. The van der Waals surface area contributed by atoms with Crippen LogP contribution in [0, 0.1) is 6.92 Å². The molecule has 0 aliphatic carbocycles. The fourth-order valence-electron chi connectivity index (χ4n) is 1.02. The van der Waals surface area contributed by atoms with Gasteiger partial charge in [0.2, 0.25) is 0 Å². The highest BCUT2D eigenvalue weighted by molar-refractivity contribution is 7.86. The van der Waals surface area contributed by atoms with Gasteiger partial charge in [0.15, 0.2) is 0 Å². The van der Waals surface area contributed by atoms with Crippen molar-refractivity contribution in [3.8, 4) is 0 Å². The molecule has 0 spiro atoms. The summed E-state index contributed by atoms with van der Waals surface area (Å²) in [6, 6.07) is 6.44. The molecule has 0 fully saturated rings. The van der Waals surface area contributed by atoms with Crippen molar-refractivity contribution in [3.05, 3.63) is 29.8 Å². The maximum absolute atomic E-state index is 11.8. The van der Waals surface area contributed by atoms with Crippen molar-refractivity contribution < 1.29 is 14.0 Å². The number of benzene rings is 1. The van der Waals surface area contributed by atoms with Gasteiger partial charge in [-0.25, -0.2) is 0 Å². The minimum absolute atomic E-state index is 0.130. The Morgan fingerprint density at radius 3 is 2.40 bits per heavy atom. The quantitative estimate of drug-likeness (QED) is 0.745. The zero-order chi connectivity index (χ0) is 12.3. The number of hydrogen-bond acceptors (Lipinski definition) is 3. The van der Waals surface area contributed by atoms with E-state index in [-0.39, 0.29) is 4.90 Å². The van der Waals surface area contributed by atoms with Crippen LogP contribution in [0.1, 0.15) is 27.2 Å². The molecule has 0 aliphatic rings. The van der Waals surface area contributed by atoms with Crippen molar-refractivity contribution in [2.24, 2.45) is 0 Å². The Labute approximate surface area is 92.6 Å². The normalized spacial score (nSPS) is 16.9. The molecule has 0 N–H and O–H groups in total. The predicted molar refractivity (Wildman–Crippen MR) is 59.2 cm³/mol. The maximum Gasteiger partial charge on any atom is 0.297 e. The molecule has 84 valence electrons. The lowest BCUT2D eigenvalue weighted by molar-refractivity contribution is 0.224. The van der Waals surface area contributed by atoms with E-state index in [0.717, 1.165) is 5.56 Å². The summed E-state index contributed by atoms with van der Waals surface area (Å²) in [6.45, 7) is 5.05. The Hall–Kier alpha value is -0.870. The topological polar surface area (TPSA) is 43.4 Å². The second-order valence-corrected chi connectivity index (χ2v) is 4.97. The van der Waals surface area contributed by atoms with E-state index in [1.54, 1.807) is 26.0 Å². The van der Waals surface area contributed by atoms with Crippen molar-refractivity contribution in [1.82, 2.24) is 0 Å². The first-order valence-electron chi connectivity index (χ1n) is 5.33. The minimum Gasteiger partial charge on any atom is -0.263 e. The standard InChI is InChI=1S/C11H16O3S/c1-4-10(3)14-15(12,13)11-7-5-9(2)6-8-11/h5-8,10H,4H2,1-3H3/i4D. The van der Waals surface area contributed by atoms with Gasteiger partial charge >= 0.3 is 0 Å². The van der Waals surface area contributed by atoms with Gasteiger partial charge in [-0.05, 0) is 32.4 Å². The number of hydrogen-bond donors (Lipinski definition) is 0. The first kappa shape index (κ1) is 10.6. The molecule has 1 rings (SSSR count). The molecule has 1 aromatic carbocycles.